The van der Waals surface area contributed by atoms with Gasteiger partial charge in [-0.3, -0.25) is 9.10 Å². The van der Waals surface area contributed by atoms with E-state index in [0.29, 0.717) is 5.69 Å². The molecule has 1 fully saturated rings. The Labute approximate surface area is 145 Å². The van der Waals surface area contributed by atoms with Gasteiger partial charge in [0.15, 0.2) is 0 Å². The minimum absolute atomic E-state index is 0.143. The second-order valence-electron chi connectivity index (χ2n) is 6.86. The molecule has 5 nitrogen and oxygen atoms in total. The number of sulfonamides is 1. The zero-order chi connectivity index (χ0) is 17.9. The Morgan fingerprint density at radius 1 is 1.17 bits per heavy atom. The number of aryl methyl sites for hydroxylation is 2. The molecule has 24 heavy (non-hydrogen) atoms. The molecule has 0 saturated heterocycles. The monoisotopic (exact) mass is 352 g/mol. The van der Waals surface area contributed by atoms with Gasteiger partial charge in [-0.25, -0.2) is 8.42 Å². The fourth-order valence-corrected chi connectivity index (χ4v) is 4.17. The van der Waals surface area contributed by atoms with Crippen LogP contribution in [-0.2, 0) is 14.8 Å². The van der Waals surface area contributed by atoms with Crippen LogP contribution in [0.3, 0.4) is 0 Å². The molecule has 1 amide bonds. The number of anilines is 1. The Morgan fingerprint density at radius 2 is 1.79 bits per heavy atom. The fourth-order valence-electron chi connectivity index (χ4n) is 3.28. The van der Waals surface area contributed by atoms with Gasteiger partial charge in [0.2, 0.25) is 15.9 Å². The normalized spacial score (nSPS) is 16.0. The van der Waals surface area contributed by atoms with Crippen molar-refractivity contribution in [3.8, 4) is 0 Å². The summed E-state index contributed by atoms with van der Waals surface area (Å²) in [7, 11) is -1.74. The number of benzene rings is 1. The zero-order valence-electron chi connectivity index (χ0n) is 15.1. The van der Waals surface area contributed by atoms with Crippen LogP contribution in [0.25, 0.3) is 0 Å². The van der Waals surface area contributed by atoms with Crippen LogP contribution in [0.5, 0.6) is 0 Å². The maximum Gasteiger partial charge on any atom is 0.243 e. The molecular formula is C18H28N2O3S. The maximum atomic E-state index is 12.7. The van der Waals surface area contributed by atoms with Crippen LogP contribution in [0.15, 0.2) is 18.2 Å². The van der Waals surface area contributed by atoms with E-state index < -0.39 is 10.0 Å². The van der Waals surface area contributed by atoms with E-state index in [4.69, 9.17) is 0 Å². The van der Waals surface area contributed by atoms with E-state index in [1.54, 1.807) is 11.9 Å². The number of hydrogen-bond acceptors (Lipinski definition) is 3. The molecule has 0 unspecified atom stereocenters. The molecular weight excluding hydrogens is 324 g/mol. The van der Waals surface area contributed by atoms with Crippen molar-refractivity contribution in [2.45, 2.75) is 52.0 Å². The van der Waals surface area contributed by atoms with Gasteiger partial charge in [0.25, 0.3) is 0 Å². The Hall–Kier alpha value is -1.56. The van der Waals surface area contributed by atoms with Gasteiger partial charge in [0.05, 0.1) is 11.9 Å². The second-order valence-corrected chi connectivity index (χ2v) is 8.76. The molecule has 0 heterocycles. The summed E-state index contributed by atoms with van der Waals surface area (Å²) in [6.45, 7) is 3.64. The first-order valence-corrected chi connectivity index (χ1v) is 10.4. The van der Waals surface area contributed by atoms with E-state index in [2.05, 4.69) is 0 Å². The largest absolute Gasteiger partial charge is 0.341 e. The lowest BCUT2D eigenvalue weighted by atomic mass is 9.94. The van der Waals surface area contributed by atoms with Crippen LogP contribution < -0.4 is 4.31 Å². The summed E-state index contributed by atoms with van der Waals surface area (Å²) in [5.74, 6) is -0.145. The Bertz CT molecular complexity index is 694. The number of hydrogen-bond donors (Lipinski definition) is 0. The molecule has 1 aliphatic carbocycles. The molecule has 1 aliphatic rings. The summed E-state index contributed by atoms with van der Waals surface area (Å²) >= 11 is 0. The van der Waals surface area contributed by atoms with Crippen molar-refractivity contribution in [2.75, 3.05) is 24.2 Å². The lowest BCUT2D eigenvalue weighted by Crippen LogP contribution is -2.45. The van der Waals surface area contributed by atoms with Gasteiger partial charge in [0.1, 0.15) is 6.54 Å². The van der Waals surface area contributed by atoms with Crippen LogP contribution in [0.1, 0.15) is 43.2 Å². The first kappa shape index (κ1) is 18.8. The Morgan fingerprint density at radius 3 is 2.38 bits per heavy atom. The third kappa shape index (κ3) is 4.50. The Balaban J connectivity index is 2.23. The zero-order valence-corrected chi connectivity index (χ0v) is 15.9. The minimum Gasteiger partial charge on any atom is -0.341 e. The van der Waals surface area contributed by atoms with E-state index in [-0.39, 0.29) is 18.5 Å². The van der Waals surface area contributed by atoms with Crippen LogP contribution in [-0.4, -0.2) is 45.1 Å². The van der Waals surface area contributed by atoms with Crippen LogP contribution >= 0.6 is 0 Å². The van der Waals surface area contributed by atoms with Gasteiger partial charge in [-0.2, -0.15) is 0 Å². The number of rotatable bonds is 5. The first-order valence-electron chi connectivity index (χ1n) is 8.51. The summed E-state index contributed by atoms with van der Waals surface area (Å²) < 4.78 is 25.8. The first-order chi connectivity index (χ1) is 11.2. The van der Waals surface area contributed by atoms with E-state index >= 15 is 0 Å². The lowest BCUT2D eigenvalue weighted by molar-refractivity contribution is -0.130. The van der Waals surface area contributed by atoms with Gasteiger partial charge >= 0.3 is 0 Å². The van der Waals surface area contributed by atoms with Gasteiger partial charge in [-0.1, -0.05) is 31.4 Å². The molecule has 0 aromatic heterocycles. The molecule has 6 heteroatoms. The van der Waals surface area contributed by atoms with Crippen LogP contribution in [0, 0.1) is 13.8 Å². The topological polar surface area (TPSA) is 57.7 Å². The molecule has 1 saturated carbocycles. The summed E-state index contributed by atoms with van der Waals surface area (Å²) in [6.07, 6.45) is 6.65. The predicted octanol–water partition coefficient (Wildman–Crippen LogP) is 2.86. The number of amides is 1. The van der Waals surface area contributed by atoms with Crippen LogP contribution in [0.4, 0.5) is 5.69 Å². The van der Waals surface area contributed by atoms with Crippen molar-refractivity contribution >= 4 is 21.6 Å². The van der Waals surface area contributed by atoms with Crippen molar-refractivity contribution in [2.24, 2.45) is 0 Å². The summed E-state index contributed by atoms with van der Waals surface area (Å²) in [6, 6.07) is 5.88. The molecule has 0 atom stereocenters. The number of likely N-dealkylation sites (N-methyl/N-ethyl adjacent to an activating group) is 1. The van der Waals surface area contributed by atoms with Crippen molar-refractivity contribution in [3.63, 3.8) is 0 Å². The highest BCUT2D eigenvalue weighted by molar-refractivity contribution is 7.92. The number of carbonyl (C=O) groups excluding carboxylic acids is 1. The standard InChI is InChI=1S/C18H28N2O3S/c1-14-10-11-15(2)17(12-14)20(24(4,22)23)13-18(21)19(3)16-8-6-5-7-9-16/h10-12,16H,5-9,13H2,1-4H3. The van der Waals surface area contributed by atoms with E-state index in [1.807, 2.05) is 32.0 Å². The second kappa shape index (κ2) is 7.55. The summed E-state index contributed by atoms with van der Waals surface area (Å²) in [4.78, 5) is 14.4. The molecule has 2 rings (SSSR count). The third-order valence-electron chi connectivity index (χ3n) is 4.83. The predicted molar refractivity (Wildman–Crippen MR) is 97.7 cm³/mol. The fraction of sp³-hybridized carbons (Fsp3) is 0.611. The molecule has 1 aromatic carbocycles. The van der Waals surface area contributed by atoms with Gasteiger partial charge in [-0.15, -0.1) is 0 Å². The van der Waals surface area contributed by atoms with Gasteiger partial charge in [0, 0.05) is 13.1 Å². The minimum atomic E-state index is -3.53. The average molecular weight is 353 g/mol. The van der Waals surface area contributed by atoms with Gasteiger partial charge < -0.3 is 4.90 Å². The Kier molecular flexibility index (Phi) is 5.91. The van der Waals surface area contributed by atoms with Crippen molar-refractivity contribution in [1.82, 2.24) is 4.90 Å². The highest BCUT2D eigenvalue weighted by atomic mass is 32.2. The lowest BCUT2D eigenvalue weighted by Gasteiger charge is -2.33. The number of nitrogens with zero attached hydrogens (tertiary/aromatic N) is 2. The quantitative estimate of drug-likeness (QED) is 0.819. The molecule has 0 N–H and O–H groups in total. The van der Waals surface area contributed by atoms with Crippen molar-refractivity contribution in [3.05, 3.63) is 29.3 Å². The van der Waals surface area contributed by atoms with Crippen LogP contribution in [0.2, 0.25) is 0 Å². The highest BCUT2D eigenvalue weighted by Crippen LogP contribution is 2.25. The van der Waals surface area contributed by atoms with Gasteiger partial charge in [-0.05, 0) is 43.9 Å². The molecule has 0 bridgehead atoms. The van der Waals surface area contributed by atoms with Crippen molar-refractivity contribution < 1.29 is 13.2 Å². The average Bonchev–Trinajstić information content (AvgIpc) is 2.54. The third-order valence-corrected chi connectivity index (χ3v) is 5.95. The molecule has 0 radical (unpaired) electrons. The molecule has 134 valence electrons. The van der Waals surface area contributed by atoms with E-state index in [1.165, 1.54) is 10.7 Å². The van der Waals surface area contributed by atoms with Crippen molar-refractivity contribution in [1.29, 1.82) is 0 Å². The SMILES string of the molecule is Cc1ccc(C)c(N(CC(=O)N(C)C2CCCCC2)S(C)(=O)=O)c1. The number of carbonyl (C=O) groups is 1. The molecule has 0 aliphatic heterocycles. The smallest absolute Gasteiger partial charge is 0.243 e. The summed E-state index contributed by atoms with van der Waals surface area (Å²) in [5, 5.41) is 0. The highest BCUT2D eigenvalue weighted by Gasteiger charge is 2.27. The molecule has 0 spiro atoms. The van der Waals surface area contributed by atoms with E-state index in [0.717, 1.165) is 43.1 Å². The van der Waals surface area contributed by atoms with E-state index in [9.17, 15) is 13.2 Å². The summed E-state index contributed by atoms with van der Waals surface area (Å²) in [5.41, 5.74) is 2.40. The molecule has 1 aromatic rings. The maximum absolute atomic E-state index is 12.7.